The van der Waals surface area contributed by atoms with Gasteiger partial charge >= 0.3 is 0 Å². The number of aliphatic imine (C=N–C) groups is 1. The lowest BCUT2D eigenvalue weighted by Crippen LogP contribution is -2.20. The van der Waals surface area contributed by atoms with Gasteiger partial charge in [0.15, 0.2) is 12.5 Å². The summed E-state index contributed by atoms with van der Waals surface area (Å²) >= 11 is 0. The predicted octanol–water partition coefficient (Wildman–Crippen LogP) is 2.77. The molecule has 2 aromatic rings. The van der Waals surface area contributed by atoms with E-state index in [0.29, 0.717) is 6.42 Å². The van der Waals surface area contributed by atoms with E-state index in [2.05, 4.69) is 23.2 Å². The lowest BCUT2D eigenvalue weighted by molar-refractivity contribution is -0.122. The zero-order valence-electron chi connectivity index (χ0n) is 11.0. The van der Waals surface area contributed by atoms with Crippen LogP contribution < -0.4 is 0 Å². The van der Waals surface area contributed by atoms with E-state index in [1.807, 2.05) is 36.4 Å². The normalized spacial score (nSPS) is 17.2. The quantitative estimate of drug-likeness (QED) is 0.852. The van der Waals surface area contributed by atoms with Crippen LogP contribution in [0.5, 0.6) is 0 Å². The van der Waals surface area contributed by atoms with Crippen molar-refractivity contribution in [2.75, 3.05) is 0 Å². The Bertz CT molecular complexity index is 634. The number of carbonyl (C=O) groups excluding carboxylic acids is 1. The first-order valence-corrected chi connectivity index (χ1v) is 6.65. The van der Waals surface area contributed by atoms with E-state index in [1.54, 1.807) is 0 Å². The molecule has 0 spiro atoms. The topological polar surface area (TPSA) is 38.7 Å². The molecule has 0 aromatic heterocycles. The van der Waals surface area contributed by atoms with Gasteiger partial charge in [-0.2, -0.15) is 4.99 Å². The molecule has 0 saturated heterocycles. The van der Waals surface area contributed by atoms with Gasteiger partial charge < -0.3 is 4.74 Å². The molecule has 1 aliphatic rings. The molecule has 0 bridgehead atoms. The zero-order chi connectivity index (χ0) is 13.8. The first-order valence-electron chi connectivity index (χ1n) is 6.65. The minimum Gasteiger partial charge on any atom is -0.470 e. The van der Waals surface area contributed by atoms with Crippen LogP contribution in [0.4, 0.5) is 0 Å². The Kier molecular flexibility index (Phi) is 3.59. The zero-order valence-corrected chi connectivity index (χ0v) is 11.0. The van der Waals surface area contributed by atoms with Gasteiger partial charge in [-0.05, 0) is 23.1 Å². The molecule has 0 aliphatic carbocycles. The van der Waals surface area contributed by atoms with Crippen LogP contribution >= 0.6 is 0 Å². The van der Waals surface area contributed by atoms with Gasteiger partial charge in [0, 0.05) is 6.42 Å². The van der Waals surface area contributed by atoms with Crippen LogP contribution in [-0.4, -0.2) is 18.4 Å². The van der Waals surface area contributed by atoms with Crippen molar-refractivity contribution in [2.24, 2.45) is 4.99 Å². The fraction of sp³-hybridized carbons (Fsp3) is 0.176. The number of carbonyl (C=O) groups is 1. The van der Waals surface area contributed by atoms with E-state index >= 15 is 0 Å². The number of hydrogen-bond donors (Lipinski definition) is 0. The largest absolute Gasteiger partial charge is 0.470 e. The maximum atomic E-state index is 11.5. The minimum absolute atomic E-state index is 0.195. The summed E-state index contributed by atoms with van der Waals surface area (Å²) in [5.41, 5.74) is 3.62. The highest BCUT2D eigenvalue weighted by molar-refractivity contribution is 5.91. The van der Waals surface area contributed by atoms with Crippen molar-refractivity contribution >= 4 is 12.3 Å². The second kappa shape index (κ2) is 5.70. The second-order valence-electron chi connectivity index (χ2n) is 4.83. The average molecular weight is 265 g/mol. The Morgan fingerprint density at radius 3 is 2.35 bits per heavy atom. The fourth-order valence-electron chi connectivity index (χ4n) is 2.38. The molecule has 20 heavy (non-hydrogen) atoms. The second-order valence-corrected chi connectivity index (χ2v) is 4.83. The Labute approximate surface area is 117 Å². The van der Waals surface area contributed by atoms with Crippen LogP contribution in [0.25, 0.3) is 0 Å². The first-order chi connectivity index (χ1) is 9.83. The molecule has 1 heterocycles. The van der Waals surface area contributed by atoms with Crippen molar-refractivity contribution in [1.29, 1.82) is 0 Å². The molecule has 3 rings (SSSR count). The standard InChI is InChI=1S/C17H15NO2/c19-17-16(20-12-18-17)11-15-9-5-4-8-14(15)10-13-6-2-1-3-7-13/h1-9,12,16H,10-11H2. The maximum absolute atomic E-state index is 11.5. The highest BCUT2D eigenvalue weighted by Crippen LogP contribution is 2.18. The van der Waals surface area contributed by atoms with Gasteiger partial charge in [-0.1, -0.05) is 54.6 Å². The highest BCUT2D eigenvalue weighted by Gasteiger charge is 2.24. The maximum Gasteiger partial charge on any atom is 0.289 e. The summed E-state index contributed by atoms with van der Waals surface area (Å²) in [4.78, 5) is 15.2. The third kappa shape index (κ3) is 2.77. The molecule has 2 aromatic carbocycles. The van der Waals surface area contributed by atoms with Crippen LogP contribution in [0, 0.1) is 0 Å². The SMILES string of the molecule is O=C1N=COC1Cc1ccccc1Cc1ccccc1. The van der Waals surface area contributed by atoms with Gasteiger partial charge in [0.25, 0.3) is 5.91 Å². The summed E-state index contributed by atoms with van der Waals surface area (Å²) in [5.74, 6) is -0.195. The predicted molar refractivity (Wildman–Crippen MR) is 77.8 cm³/mol. The van der Waals surface area contributed by atoms with Gasteiger partial charge in [0.1, 0.15) is 0 Å². The molecule has 0 fully saturated rings. The summed E-state index contributed by atoms with van der Waals surface area (Å²) in [7, 11) is 0. The number of hydrogen-bond acceptors (Lipinski definition) is 2. The molecule has 100 valence electrons. The van der Waals surface area contributed by atoms with Crippen molar-refractivity contribution in [3.8, 4) is 0 Å². The Hall–Kier alpha value is -2.42. The number of rotatable bonds is 4. The fourth-order valence-corrected chi connectivity index (χ4v) is 2.38. The van der Waals surface area contributed by atoms with Gasteiger partial charge in [-0.3, -0.25) is 4.79 Å². The molecule has 1 unspecified atom stereocenters. The monoisotopic (exact) mass is 265 g/mol. The molecular formula is C17H15NO2. The molecule has 1 aliphatic heterocycles. The number of nitrogens with zero attached hydrogens (tertiary/aromatic N) is 1. The van der Waals surface area contributed by atoms with E-state index in [-0.39, 0.29) is 5.91 Å². The summed E-state index contributed by atoms with van der Waals surface area (Å²) in [5, 5.41) is 0. The lowest BCUT2D eigenvalue weighted by Gasteiger charge is -2.12. The van der Waals surface area contributed by atoms with Crippen molar-refractivity contribution in [1.82, 2.24) is 0 Å². The molecule has 1 amide bonds. The third-order valence-electron chi connectivity index (χ3n) is 3.44. The van der Waals surface area contributed by atoms with Crippen LogP contribution in [0.3, 0.4) is 0 Å². The molecular weight excluding hydrogens is 250 g/mol. The molecule has 1 atom stereocenters. The molecule has 0 N–H and O–H groups in total. The number of benzene rings is 2. The summed E-state index contributed by atoms with van der Waals surface area (Å²) < 4.78 is 5.23. The molecule has 0 radical (unpaired) electrons. The van der Waals surface area contributed by atoms with Gasteiger partial charge in [0.05, 0.1) is 0 Å². The molecule has 0 saturated carbocycles. The Morgan fingerprint density at radius 2 is 1.65 bits per heavy atom. The third-order valence-corrected chi connectivity index (χ3v) is 3.44. The number of ether oxygens (including phenoxy) is 1. The average Bonchev–Trinajstić information content (AvgIpc) is 2.88. The van der Waals surface area contributed by atoms with Crippen LogP contribution in [-0.2, 0) is 22.4 Å². The van der Waals surface area contributed by atoms with Crippen LogP contribution in [0.15, 0.2) is 59.6 Å². The van der Waals surface area contributed by atoms with E-state index < -0.39 is 6.10 Å². The van der Waals surface area contributed by atoms with E-state index in [4.69, 9.17) is 4.74 Å². The highest BCUT2D eigenvalue weighted by atomic mass is 16.5. The van der Waals surface area contributed by atoms with Crippen LogP contribution in [0.2, 0.25) is 0 Å². The van der Waals surface area contributed by atoms with Crippen molar-refractivity contribution in [2.45, 2.75) is 18.9 Å². The molecule has 3 heteroatoms. The summed E-state index contributed by atoms with van der Waals surface area (Å²) in [6.07, 6.45) is 2.21. The summed E-state index contributed by atoms with van der Waals surface area (Å²) in [6, 6.07) is 18.5. The van der Waals surface area contributed by atoms with Gasteiger partial charge in [-0.15, -0.1) is 0 Å². The van der Waals surface area contributed by atoms with Gasteiger partial charge in [0.2, 0.25) is 0 Å². The lowest BCUT2D eigenvalue weighted by atomic mass is 9.96. The van der Waals surface area contributed by atoms with Crippen molar-refractivity contribution in [3.05, 3.63) is 71.3 Å². The smallest absolute Gasteiger partial charge is 0.289 e. The first kappa shape index (κ1) is 12.6. The van der Waals surface area contributed by atoms with E-state index in [9.17, 15) is 4.79 Å². The summed E-state index contributed by atoms with van der Waals surface area (Å²) in [6.45, 7) is 0. The van der Waals surface area contributed by atoms with E-state index in [1.165, 1.54) is 17.5 Å². The number of amides is 1. The molecule has 3 nitrogen and oxygen atoms in total. The van der Waals surface area contributed by atoms with Crippen molar-refractivity contribution < 1.29 is 9.53 Å². The van der Waals surface area contributed by atoms with Crippen molar-refractivity contribution in [3.63, 3.8) is 0 Å². The van der Waals surface area contributed by atoms with Crippen LogP contribution in [0.1, 0.15) is 16.7 Å². The van der Waals surface area contributed by atoms with Gasteiger partial charge in [-0.25, -0.2) is 0 Å². The van der Waals surface area contributed by atoms with E-state index in [0.717, 1.165) is 12.0 Å². The Morgan fingerprint density at radius 1 is 0.950 bits per heavy atom. The Balaban J connectivity index is 1.79. The minimum atomic E-state index is -0.466.